The van der Waals surface area contributed by atoms with E-state index in [9.17, 15) is 0 Å². The van der Waals surface area contributed by atoms with Gasteiger partial charge >= 0.3 is 0 Å². The molecular formula is C17H27IN4O. The number of hydrogen-bond donors (Lipinski definition) is 3. The van der Waals surface area contributed by atoms with E-state index in [4.69, 9.17) is 4.74 Å². The van der Waals surface area contributed by atoms with Gasteiger partial charge in [0.2, 0.25) is 0 Å². The van der Waals surface area contributed by atoms with Crippen molar-refractivity contribution in [1.82, 2.24) is 15.6 Å². The van der Waals surface area contributed by atoms with Crippen LogP contribution in [0.15, 0.2) is 29.3 Å². The molecule has 0 aliphatic carbocycles. The number of aromatic amines is 1. The highest BCUT2D eigenvalue weighted by molar-refractivity contribution is 14.0. The normalized spacial score (nSPS) is 12.8. The average Bonchev–Trinajstić information content (AvgIpc) is 2.82. The Morgan fingerprint density at radius 2 is 2.09 bits per heavy atom. The summed E-state index contributed by atoms with van der Waals surface area (Å²) in [4.78, 5) is 7.68. The molecule has 1 atom stereocenters. The second kappa shape index (κ2) is 9.77. The molecule has 1 aromatic carbocycles. The molecule has 2 rings (SSSR count). The highest BCUT2D eigenvalue weighted by Gasteiger charge is 2.08. The molecule has 0 spiro atoms. The fraction of sp³-hybridized carbons (Fsp3) is 0.471. The van der Waals surface area contributed by atoms with Gasteiger partial charge in [0.15, 0.2) is 5.96 Å². The van der Waals surface area contributed by atoms with E-state index in [0.717, 1.165) is 18.9 Å². The summed E-state index contributed by atoms with van der Waals surface area (Å²) in [6.07, 6.45) is 0.954. The number of aryl methyl sites for hydroxylation is 1. The van der Waals surface area contributed by atoms with Gasteiger partial charge in [-0.2, -0.15) is 0 Å². The van der Waals surface area contributed by atoms with Crippen LogP contribution in [0.1, 0.15) is 18.2 Å². The number of nitrogens with one attached hydrogen (secondary N) is 3. The number of H-pyrrole nitrogens is 1. The SMILES string of the molecule is CN=C(NCCc1c(C)[nH]c2ccccc12)NC(C)COC.I. The Labute approximate surface area is 155 Å². The first-order valence-electron chi connectivity index (χ1n) is 7.68. The molecule has 128 valence electrons. The third-order valence-corrected chi connectivity index (χ3v) is 3.72. The quantitative estimate of drug-likeness (QED) is 0.375. The molecule has 1 heterocycles. The third kappa shape index (κ3) is 5.39. The van der Waals surface area contributed by atoms with Crippen molar-refractivity contribution in [2.75, 3.05) is 27.3 Å². The van der Waals surface area contributed by atoms with Gasteiger partial charge in [-0.3, -0.25) is 4.99 Å². The summed E-state index contributed by atoms with van der Waals surface area (Å²) in [5.41, 5.74) is 3.80. The monoisotopic (exact) mass is 430 g/mol. The Hall–Kier alpha value is -1.28. The van der Waals surface area contributed by atoms with E-state index in [1.54, 1.807) is 14.2 Å². The Balaban J connectivity index is 0.00000264. The van der Waals surface area contributed by atoms with Gasteiger partial charge in [0.25, 0.3) is 0 Å². The summed E-state index contributed by atoms with van der Waals surface area (Å²) in [7, 11) is 3.49. The van der Waals surface area contributed by atoms with Crippen LogP contribution in [0.25, 0.3) is 10.9 Å². The van der Waals surface area contributed by atoms with Gasteiger partial charge in [-0.25, -0.2) is 0 Å². The summed E-state index contributed by atoms with van der Waals surface area (Å²) in [6.45, 7) is 5.69. The molecule has 0 fully saturated rings. The number of fused-ring (bicyclic) bond motifs is 1. The Kier molecular flexibility index (Phi) is 8.40. The number of nitrogens with zero attached hydrogens (tertiary/aromatic N) is 1. The predicted molar refractivity (Wildman–Crippen MR) is 108 cm³/mol. The van der Waals surface area contributed by atoms with Crippen molar-refractivity contribution in [3.63, 3.8) is 0 Å². The fourth-order valence-corrected chi connectivity index (χ4v) is 2.68. The third-order valence-electron chi connectivity index (χ3n) is 3.72. The molecule has 5 nitrogen and oxygen atoms in total. The molecule has 0 saturated heterocycles. The van der Waals surface area contributed by atoms with E-state index in [2.05, 4.69) is 58.7 Å². The number of para-hydroxylation sites is 1. The van der Waals surface area contributed by atoms with Crippen LogP contribution >= 0.6 is 24.0 Å². The molecule has 0 aliphatic rings. The minimum absolute atomic E-state index is 0. The number of aromatic nitrogens is 1. The highest BCUT2D eigenvalue weighted by Crippen LogP contribution is 2.21. The van der Waals surface area contributed by atoms with Gasteiger partial charge in [-0.15, -0.1) is 24.0 Å². The molecule has 1 aromatic heterocycles. The summed E-state index contributed by atoms with van der Waals surface area (Å²) in [5.74, 6) is 0.807. The number of halogens is 1. The maximum Gasteiger partial charge on any atom is 0.191 e. The average molecular weight is 430 g/mol. The lowest BCUT2D eigenvalue weighted by atomic mass is 10.1. The first-order chi connectivity index (χ1) is 10.7. The van der Waals surface area contributed by atoms with Crippen molar-refractivity contribution in [2.45, 2.75) is 26.3 Å². The van der Waals surface area contributed by atoms with E-state index < -0.39 is 0 Å². The van der Waals surface area contributed by atoms with Crippen LogP contribution in [0.3, 0.4) is 0 Å². The standard InChI is InChI=1S/C17H26N4O.HI/c1-12(11-22-4)20-17(18-3)19-10-9-14-13(2)21-16-8-6-5-7-15(14)16;/h5-8,12,21H,9-11H2,1-4H3,(H2,18,19,20);1H. The molecular weight excluding hydrogens is 403 g/mol. The zero-order valence-electron chi connectivity index (χ0n) is 14.3. The predicted octanol–water partition coefficient (Wildman–Crippen LogP) is 2.84. The largest absolute Gasteiger partial charge is 0.383 e. The Morgan fingerprint density at radius 3 is 2.78 bits per heavy atom. The van der Waals surface area contributed by atoms with Gasteiger partial charge in [0.05, 0.1) is 6.61 Å². The summed E-state index contributed by atoms with van der Waals surface area (Å²) >= 11 is 0. The Bertz CT molecular complexity index is 639. The van der Waals surface area contributed by atoms with E-state index in [-0.39, 0.29) is 30.0 Å². The molecule has 0 bridgehead atoms. The van der Waals surface area contributed by atoms with Crippen LogP contribution in [-0.4, -0.2) is 44.3 Å². The number of hydrogen-bond acceptors (Lipinski definition) is 2. The fourth-order valence-electron chi connectivity index (χ4n) is 2.68. The van der Waals surface area contributed by atoms with Gasteiger partial charge in [0, 0.05) is 43.3 Å². The van der Waals surface area contributed by atoms with Crippen molar-refractivity contribution in [1.29, 1.82) is 0 Å². The van der Waals surface area contributed by atoms with Crippen molar-refractivity contribution < 1.29 is 4.74 Å². The number of aliphatic imine (C=N–C) groups is 1. The number of guanidine groups is 1. The van der Waals surface area contributed by atoms with Gasteiger partial charge in [-0.05, 0) is 31.9 Å². The van der Waals surface area contributed by atoms with Gasteiger partial charge < -0.3 is 20.4 Å². The Morgan fingerprint density at radius 1 is 1.35 bits per heavy atom. The van der Waals surface area contributed by atoms with Gasteiger partial charge in [0.1, 0.15) is 0 Å². The molecule has 3 N–H and O–H groups in total. The van der Waals surface area contributed by atoms with Gasteiger partial charge in [-0.1, -0.05) is 18.2 Å². The second-order valence-corrected chi connectivity index (χ2v) is 5.52. The lowest BCUT2D eigenvalue weighted by Gasteiger charge is -2.17. The highest BCUT2D eigenvalue weighted by atomic mass is 127. The molecule has 23 heavy (non-hydrogen) atoms. The van der Waals surface area contributed by atoms with E-state index >= 15 is 0 Å². The number of methoxy groups -OCH3 is 1. The van der Waals surface area contributed by atoms with Crippen molar-refractivity contribution in [3.05, 3.63) is 35.5 Å². The van der Waals surface area contributed by atoms with E-state index in [1.165, 1.54) is 22.2 Å². The molecule has 6 heteroatoms. The minimum atomic E-state index is 0. The lowest BCUT2D eigenvalue weighted by molar-refractivity contribution is 0.179. The number of benzene rings is 1. The summed E-state index contributed by atoms with van der Waals surface area (Å²) in [6, 6.07) is 8.66. The van der Waals surface area contributed by atoms with Crippen LogP contribution in [0, 0.1) is 6.92 Å². The van der Waals surface area contributed by atoms with Crippen molar-refractivity contribution in [2.24, 2.45) is 4.99 Å². The molecule has 0 radical (unpaired) electrons. The smallest absolute Gasteiger partial charge is 0.191 e. The van der Waals surface area contributed by atoms with Crippen molar-refractivity contribution in [3.8, 4) is 0 Å². The van der Waals surface area contributed by atoms with Crippen LogP contribution in [-0.2, 0) is 11.2 Å². The maximum atomic E-state index is 5.13. The van der Waals surface area contributed by atoms with E-state index in [0.29, 0.717) is 6.61 Å². The summed E-state index contributed by atoms with van der Waals surface area (Å²) < 4.78 is 5.13. The zero-order valence-corrected chi connectivity index (χ0v) is 16.6. The lowest BCUT2D eigenvalue weighted by Crippen LogP contribution is -2.44. The van der Waals surface area contributed by atoms with Crippen LogP contribution in [0.4, 0.5) is 0 Å². The minimum Gasteiger partial charge on any atom is -0.383 e. The molecule has 1 unspecified atom stereocenters. The molecule has 0 amide bonds. The van der Waals surface area contributed by atoms with E-state index in [1.807, 2.05) is 0 Å². The van der Waals surface area contributed by atoms with Crippen molar-refractivity contribution >= 4 is 40.8 Å². The molecule has 2 aromatic rings. The first-order valence-corrected chi connectivity index (χ1v) is 7.68. The zero-order chi connectivity index (χ0) is 15.9. The number of ether oxygens (including phenoxy) is 1. The first kappa shape index (κ1) is 19.8. The molecule has 0 aliphatic heterocycles. The maximum absolute atomic E-state index is 5.13. The second-order valence-electron chi connectivity index (χ2n) is 5.52. The van der Waals surface area contributed by atoms with Crippen LogP contribution in [0.5, 0.6) is 0 Å². The topological polar surface area (TPSA) is 61.4 Å². The molecule has 0 saturated carbocycles. The van der Waals surface area contributed by atoms with Crippen LogP contribution < -0.4 is 10.6 Å². The summed E-state index contributed by atoms with van der Waals surface area (Å²) in [5, 5.41) is 7.97. The number of rotatable bonds is 6. The van der Waals surface area contributed by atoms with Crippen LogP contribution in [0.2, 0.25) is 0 Å².